The van der Waals surface area contributed by atoms with Crippen LogP contribution in [0.25, 0.3) is 10.8 Å². The molecular formula is C28H32ClFN2O3. The molecule has 2 N–H and O–H groups in total. The van der Waals surface area contributed by atoms with Crippen molar-refractivity contribution in [1.29, 1.82) is 0 Å². The number of likely N-dealkylation sites (tertiary alicyclic amines) is 1. The summed E-state index contributed by atoms with van der Waals surface area (Å²) in [4.78, 5) is 25.2. The lowest BCUT2D eigenvalue weighted by Crippen LogP contribution is -2.45. The summed E-state index contributed by atoms with van der Waals surface area (Å²) in [6.45, 7) is 3.95. The van der Waals surface area contributed by atoms with Crippen molar-refractivity contribution >= 4 is 35.1 Å². The Morgan fingerprint density at radius 3 is 2.60 bits per heavy atom. The van der Waals surface area contributed by atoms with Gasteiger partial charge in [-0.25, -0.2) is 4.39 Å². The van der Waals surface area contributed by atoms with Gasteiger partial charge in [0.15, 0.2) is 0 Å². The Bertz CT molecular complexity index is 1170. The average Bonchev–Trinajstić information content (AvgIpc) is 2.85. The molecule has 1 saturated heterocycles. The molecule has 1 amide bonds. The van der Waals surface area contributed by atoms with Gasteiger partial charge < -0.3 is 15.3 Å². The molecule has 1 aliphatic rings. The Labute approximate surface area is 211 Å². The predicted molar refractivity (Wildman–Crippen MR) is 138 cm³/mol. The monoisotopic (exact) mass is 498 g/mol. The maximum Gasteiger partial charge on any atom is 0.303 e. The Hall–Kier alpha value is -2.96. The van der Waals surface area contributed by atoms with Crippen LogP contribution in [0.2, 0.25) is 0 Å². The van der Waals surface area contributed by atoms with E-state index in [1.54, 1.807) is 17.0 Å². The van der Waals surface area contributed by atoms with Crippen LogP contribution in [0, 0.1) is 11.7 Å². The van der Waals surface area contributed by atoms with E-state index < -0.39 is 5.97 Å². The highest BCUT2D eigenvalue weighted by atomic mass is 35.5. The lowest BCUT2D eigenvalue weighted by molar-refractivity contribution is -0.141. The zero-order valence-corrected chi connectivity index (χ0v) is 20.6. The Morgan fingerprint density at radius 1 is 1.09 bits per heavy atom. The van der Waals surface area contributed by atoms with E-state index in [1.807, 2.05) is 12.1 Å². The normalized spacial score (nSPS) is 18.6. The number of piperidine rings is 1. The number of aliphatic carboxylic acids is 1. The van der Waals surface area contributed by atoms with Crippen LogP contribution in [0.15, 0.2) is 66.7 Å². The van der Waals surface area contributed by atoms with Gasteiger partial charge in [0.1, 0.15) is 5.82 Å². The van der Waals surface area contributed by atoms with E-state index in [4.69, 9.17) is 5.11 Å². The molecule has 2 unspecified atom stereocenters. The summed E-state index contributed by atoms with van der Waals surface area (Å²) >= 11 is 0. The fourth-order valence-electron chi connectivity index (χ4n) is 5.02. The summed E-state index contributed by atoms with van der Waals surface area (Å²) in [7, 11) is 0. The number of nitrogens with one attached hydrogen (secondary N) is 1. The first-order chi connectivity index (χ1) is 16.4. The minimum absolute atomic E-state index is 0. The van der Waals surface area contributed by atoms with E-state index in [0.29, 0.717) is 13.1 Å². The maximum atomic E-state index is 14.0. The van der Waals surface area contributed by atoms with Crippen molar-refractivity contribution in [3.8, 4) is 0 Å². The summed E-state index contributed by atoms with van der Waals surface area (Å²) in [6, 6.07) is 21.4. The van der Waals surface area contributed by atoms with Crippen molar-refractivity contribution in [1.82, 2.24) is 10.2 Å². The lowest BCUT2D eigenvalue weighted by atomic mass is 9.80. The van der Waals surface area contributed by atoms with Gasteiger partial charge in [-0.15, -0.1) is 12.4 Å². The molecule has 1 heterocycles. The molecule has 186 valence electrons. The third kappa shape index (κ3) is 6.59. The van der Waals surface area contributed by atoms with Gasteiger partial charge >= 0.3 is 5.97 Å². The number of fused-ring (bicyclic) bond motifs is 1. The van der Waals surface area contributed by atoms with Crippen LogP contribution in [0.5, 0.6) is 0 Å². The van der Waals surface area contributed by atoms with E-state index in [1.165, 1.54) is 22.4 Å². The van der Waals surface area contributed by atoms with Gasteiger partial charge in [0.05, 0.1) is 6.42 Å². The molecule has 0 aromatic heterocycles. The van der Waals surface area contributed by atoms with Gasteiger partial charge in [0, 0.05) is 31.5 Å². The van der Waals surface area contributed by atoms with E-state index in [2.05, 4.69) is 48.6 Å². The first kappa shape index (κ1) is 26.6. The smallest absolute Gasteiger partial charge is 0.303 e. The number of hydrogen-bond acceptors (Lipinski definition) is 3. The molecule has 3 aromatic rings. The number of rotatable bonds is 8. The topological polar surface area (TPSA) is 69.6 Å². The minimum atomic E-state index is -0.975. The molecule has 0 bridgehead atoms. The number of halogens is 2. The van der Waals surface area contributed by atoms with Crippen LogP contribution in [-0.2, 0) is 9.59 Å². The molecule has 7 heteroatoms. The van der Waals surface area contributed by atoms with Gasteiger partial charge in [-0.1, -0.05) is 54.6 Å². The Balaban J connectivity index is 0.00000342. The second-order valence-electron chi connectivity index (χ2n) is 9.14. The SMILES string of the molecule is C[C@@H](NCC1CCN(C(=O)CCC(=O)O)CC1c1cccc(F)c1)c1cccc2ccccc12.Cl. The van der Waals surface area contributed by atoms with Crippen LogP contribution in [0.4, 0.5) is 4.39 Å². The Morgan fingerprint density at radius 2 is 1.83 bits per heavy atom. The third-order valence-electron chi connectivity index (χ3n) is 6.91. The number of carbonyl (C=O) groups is 2. The summed E-state index contributed by atoms with van der Waals surface area (Å²) in [6.07, 6.45) is 0.592. The molecule has 5 nitrogen and oxygen atoms in total. The van der Waals surface area contributed by atoms with Crippen LogP contribution in [0.1, 0.15) is 49.3 Å². The number of hydrogen-bond donors (Lipinski definition) is 2. The molecule has 3 aromatic carbocycles. The van der Waals surface area contributed by atoms with Gasteiger partial charge in [-0.3, -0.25) is 9.59 Å². The lowest BCUT2D eigenvalue weighted by Gasteiger charge is -2.39. The molecule has 0 spiro atoms. The number of carboxylic acids is 1. The fourth-order valence-corrected chi connectivity index (χ4v) is 5.02. The number of benzene rings is 3. The van der Waals surface area contributed by atoms with Crippen LogP contribution < -0.4 is 5.32 Å². The van der Waals surface area contributed by atoms with Gasteiger partial charge in [0.2, 0.25) is 5.91 Å². The number of amides is 1. The summed E-state index contributed by atoms with van der Waals surface area (Å²) in [5.41, 5.74) is 2.11. The van der Waals surface area contributed by atoms with Gasteiger partial charge in [0.25, 0.3) is 0 Å². The summed E-state index contributed by atoms with van der Waals surface area (Å²) < 4.78 is 14.0. The predicted octanol–water partition coefficient (Wildman–Crippen LogP) is 5.55. The zero-order valence-electron chi connectivity index (χ0n) is 19.8. The van der Waals surface area contributed by atoms with E-state index >= 15 is 0 Å². The number of carboxylic acid groups (broad SMARTS) is 1. The van der Waals surface area contributed by atoms with Crippen molar-refractivity contribution < 1.29 is 19.1 Å². The van der Waals surface area contributed by atoms with E-state index in [0.717, 1.165) is 18.5 Å². The third-order valence-corrected chi connectivity index (χ3v) is 6.91. The van der Waals surface area contributed by atoms with Crippen molar-refractivity contribution in [3.63, 3.8) is 0 Å². The highest BCUT2D eigenvalue weighted by Gasteiger charge is 2.33. The molecule has 0 saturated carbocycles. The van der Waals surface area contributed by atoms with Crippen molar-refractivity contribution in [2.75, 3.05) is 19.6 Å². The molecule has 3 atom stereocenters. The highest BCUT2D eigenvalue weighted by Crippen LogP contribution is 2.34. The largest absolute Gasteiger partial charge is 0.481 e. The minimum Gasteiger partial charge on any atom is -0.481 e. The van der Waals surface area contributed by atoms with Gasteiger partial charge in [-0.2, -0.15) is 0 Å². The number of nitrogens with zero attached hydrogens (tertiary/aromatic N) is 1. The fraction of sp³-hybridized carbons (Fsp3) is 0.357. The van der Waals surface area contributed by atoms with Crippen LogP contribution in [0.3, 0.4) is 0 Å². The molecule has 1 aliphatic heterocycles. The molecule has 0 aliphatic carbocycles. The zero-order chi connectivity index (χ0) is 24.1. The van der Waals surface area contributed by atoms with Crippen molar-refractivity contribution in [3.05, 3.63) is 83.7 Å². The standard InChI is InChI=1S/C28H31FN2O3.ClH/c1-19(24-11-5-7-20-6-2-3-10-25(20)24)30-17-22-14-15-31(27(32)12-13-28(33)34)18-26(22)21-8-4-9-23(29)16-21;/h2-11,16,19,22,26,30H,12-15,17-18H2,1H3,(H,33,34);1H/t19-,22?,26?;/m1./s1. The quantitative estimate of drug-likeness (QED) is 0.427. The first-order valence-corrected chi connectivity index (χ1v) is 11.9. The molecular weight excluding hydrogens is 467 g/mol. The molecule has 1 fully saturated rings. The van der Waals surface area contributed by atoms with Crippen molar-refractivity contribution in [2.24, 2.45) is 5.92 Å². The molecule has 0 radical (unpaired) electrons. The number of carbonyl (C=O) groups excluding carboxylic acids is 1. The molecule has 35 heavy (non-hydrogen) atoms. The van der Waals surface area contributed by atoms with Crippen LogP contribution >= 0.6 is 12.4 Å². The van der Waals surface area contributed by atoms with E-state index in [9.17, 15) is 14.0 Å². The van der Waals surface area contributed by atoms with Gasteiger partial charge in [-0.05, 0) is 59.8 Å². The van der Waals surface area contributed by atoms with Crippen molar-refractivity contribution in [2.45, 2.75) is 38.1 Å². The van der Waals surface area contributed by atoms with E-state index in [-0.39, 0.29) is 54.9 Å². The Kier molecular flexibility index (Phi) is 9.24. The summed E-state index contributed by atoms with van der Waals surface area (Å²) in [5.74, 6) is -1.22. The average molecular weight is 499 g/mol. The summed E-state index contributed by atoms with van der Waals surface area (Å²) in [5, 5.41) is 15.0. The second kappa shape index (κ2) is 12.1. The molecule has 4 rings (SSSR count). The second-order valence-corrected chi connectivity index (χ2v) is 9.14. The van der Waals surface area contributed by atoms with Crippen LogP contribution in [-0.4, -0.2) is 41.5 Å². The first-order valence-electron chi connectivity index (χ1n) is 11.9. The maximum absolute atomic E-state index is 14.0. The highest BCUT2D eigenvalue weighted by molar-refractivity contribution is 5.86.